The van der Waals surface area contributed by atoms with Crippen molar-refractivity contribution < 1.29 is 14.3 Å². The maximum absolute atomic E-state index is 13.2. The van der Waals surface area contributed by atoms with Crippen LogP contribution in [0.5, 0.6) is 0 Å². The Kier molecular flexibility index (Phi) is 6.55. The normalized spacial score (nSPS) is 12.1. The summed E-state index contributed by atoms with van der Waals surface area (Å²) in [5, 5.41) is 17.1. The van der Waals surface area contributed by atoms with Gasteiger partial charge in [-0.25, -0.2) is 4.39 Å². The molecular weight excluding hydrogens is 357 g/mol. The zero-order chi connectivity index (χ0) is 19.9. The van der Waals surface area contributed by atoms with Crippen molar-refractivity contribution in [1.29, 1.82) is 0 Å². The van der Waals surface area contributed by atoms with Gasteiger partial charge >= 0.3 is 5.97 Å². The van der Waals surface area contributed by atoms with Gasteiger partial charge in [-0.1, -0.05) is 30.3 Å². The number of hydrogen-bond donors (Lipinski definition) is 2. The number of carboxylic acids is 1. The maximum Gasteiger partial charge on any atom is 0.303 e. The number of aliphatic carboxylic acids is 1. The molecule has 146 valence electrons. The van der Waals surface area contributed by atoms with Gasteiger partial charge in [-0.3, -0.25) is 9.48 Å². The van der Waals surface area contributed by atoms with Crippen molar-refractivity contribution in [3.05, 3.63) is 77.7 Å². The lowest BCUT2D eigenvalue weighted by atomic mass is 10.0. The molecule has 3 rings (SSSR count). The molecule has 0 aliphatic carbocycles. The van der Waals surface area contributed by atoms with Gasteiger partial charge in [-0.2, -0.15) is 5.10 Å². The fraction of sp³-hybridized carbons (Fsp3) is 0.273. The molecule has 0 spiro atoms. The highest BCUT2D eigenvalue weighted by atomic mass is 19.1. The molecule has 2 aromatic carbocycles. The van der Waals surface area contributed by atoms with Crippen molar-refractivity contribution in [2.45, 2.75) is 31.8 Å². The Morgan fingerprint density at radius 3 is 2.57 bits per heavy atom. The second kappa shape index (κ2) is 9.28. The molecule has 0 bridgehead atoms. The first-order chi connectivity index (χ1) is 13.5. The monoisotopic (exact) mass is 381 g/mol. The van der Waals surface area contributed by atoms with Crippen LogP contribution < -0.4 is 5.32 Å². The Morgan fingerprint density at radius 1 is 1.18 bits per heavy atom. The molecule has 0 fully saturated rings. The predicted molar refractivity (Wildman–Crippen MR) is 106 cm³/mol. The quantitative estimate of drug-likeness (QED) is 0.592. The van der Waals surface area contributed by atoms with E-state index in [-0.39, 0.29) is 18.3 Å². The van der Waals surface area contributed by atoms with E-state index < -0.39 is 5.97 Å². The van der Waals surface area contributed by atoms with E-state index in [9.17, 15) is 9.18 Å². The van der Waals surface area contributed by atoms with Crippen LogP contribution in [0.4, 0.5) is 4.39 Å². The van der Waals surface area contributed by atoms with Gasteiger partial charge in [0.1, 0.15) is 5.82 Å². The van der Waals surface area contributed by atoms with E-state index in [1.165, 1.54) is 12.1 Å². The third-order valence-electron chi connectivity index (χ3n) is 4.64. The predicted octanol–water partition coefficient (Wildman–Crippen LogP) is 3.79. The zero-order valence-electron chi connectivity index (χ0n) is 15.8. The minimum atomic E-state index is -0.798. The number of hydrogen-bond acceptors (Lipinski definition) is 3. The Morgan fingerprint density at radius 2 is 1.89 bits per heavy atom. The fourth-order valence-corrected chi connectivity index (χ4v) is 3.24. The number of nitrogens with one attached hydrogen (secondary N) is 1. The number of carboxylic acid groups (broad SMARTS) is 1. The third kappa shape index (κ3) is 5.50. The summed E-state index contributed by atoms with van der Waals surface area (Å²) in [5.41, 5.74) is 3.80. The van der Waals surface area contributed by atoms with Crippen LogP contribution in [0.1, 0.15) is 24.0 Å². The molecule has 0 aliphatic rings. The third-order valence-corrected chi connectivity index (χ3v) is 4.64. The van der Waals surface area contributed by atoms with Gasteiger partial charge in [0, 0.05) is 43.4 Å². The van der Waals surface area contributed by atoms with Crippen molar-refractivity contribution in [2.75, 3.05) is 0 Å². The van der Waals surface area contributed by atoms with Gasteiger partial charge in [0.2, 0.25) is 0 Å². The SMILES string of the molecule is Cn1cc(CNC(CCC(=O)O)Cc2ccccc2)c(-c2ccc(F)cc2)n1. The molecule has 1 aromatic heterocycles. The van der Waals surface area contributed by atoms with Crippen LogP contribution in [0.2, 0.25) is 0 Å². The van der Waals surface area contributed by atoms with Gasteiger partial charge in [-0.15, -0.1) is 0 Å². The number of rotatable bonds is 9. The lowest BCUT2D eigenvalue weighted by Crippen LogP contribution is -2.31. The molecule has 2 N–H and O–H groups in total. The van der Waals surface area contributed by atoms with Crippen LogP contribution in [0.3, 0.4) is 0 Å². The molecule has 1 unspecified atom stereocenters. The van der Waals surface area contributed by atoms with Gasteiger partial charge in [-0.05, 0) is 42.7 Å². The van der Waals surface area contributed by atoms with E-state index in [2.05, 4.69) is 10.4 Å². The number of aromatic nitrogens is 2. The summed E-state index contributed by atoms with van der Waals surface area (Å²) < 4.78 is 15.0. The first-order valence-corrected chi connectivity index (χ1v) is 9.29. The molecule has 0 radical (unpaired) electrons. The molecule has 0 amide bonds. The highest BCUT2D eigenvalue weighted by Crippen LogP contribution is 2.22. The summed E-state index contributed by atoms with van der Waals surface area (Å²) in [4.78, 5) is 11.0. The number of halogens is 1. The molecule has 6 heteroatoms. The first-order valence-electron chi connectivity index (χ1n) is 9.29. The Hall–Kier alpha value is -2.99. The number of benzene rings is 2. The number of carbonyl (C=O) groups is 1. The van der Waals surface area contributed by atoms with E-state index in [0.717, 1.165) is 28.8 Å². The molecule has 3 aromatic rings. The largest absolute Gasteiger partial charge is 0.481 e. The summed E-state index contributed by atoms with van der Waals surface area (Å²) in [6, 6.07) is 16.3. The van der Waals surface area contributed by atoms with Crippen LogP contribution in [0.15, 0.2) is 60.8 Å². The smallest absolute Gasteiger partial charge is 0.303 e. The van der Waals surface area contributed by atoms with Crippen molar-refractivity contribution in [1.82, 2.24) is 15.1 Å². The highest BCUT2D eigenvalue weighted by Gasteiger charge is 2.15. The standard InChI is InChI=1S/C22H24FN3O2/c1-26-15-18(22(25-26)17-7-9-19(23)10-8-17)14-24-20(11-12-21(27)28)13-16-5-3-2-4-6-16/h2-10,15,20,24H,11-14H2,1H3,(H,27,28). The molecule has 1 atom stereocenters. The van der Waals surface area contributed by atoms with E-state index >= 15 is 0 Å². The van der Waals surface area contributed by atoms with Gasteiger partial charge in [0.25, 0.3) is 0 Å². The molecule has 1 heterocycles. The van der Waals surface area contributed by atoms with Crippen molar-refractivity contribution in [2.24, 2.45) is 7.05 Å². The van der Waals surface area contributed by atoms with Gasteiger partial charge in [0.15, 0.2) is 0 Å². The molecule has 5 nitrogen and oxygen atoms in total. The summed E-state index contributed by atoms with van der Waals surface area (Å²) in [6.45, 7) is 0.553. The average molecular weight is 381 g/mol. The van der Waals surface area contributed by atoms with Crippen molar-refractivity contribution >= 4 is 5.97 Å². The molecule has 0 saturated heterocycles. The fourth-order valence-electron chi connectivity index (χ4n) is 3.24. The van der Waals surface area contributed by atoms with Crippen molar-refractivity contribution in [3.8, 4) is 11.3 Å². The lowest BCUT2D eigenvalue weighted by molar-refractivity contribution is -0.137. The second-order valence-corrected chi connectivity index (χ2v) is 6.88. The average Bonchev–Trinajstić information content (AvgIpc) is 3.06. The van der Waals surface area contributed by atoms with Crippen LogP contribution in [0, 0.1) is 5.82 Å². The lowest BCUT2D eigenvalue weighted by Gasteiger charge is -2.18. The Labute approximate surface area is 163 Å². The van der Waals surface area contributed by atoms with Crippen molar-refractivity contribution in [3.63, 3.8) is 0 Å². The van der Waals surface area contributed by atoms with Crippen LogP contribution >= 0.6 is 0 Å². The minimum absolute atomic E-state index is 0.0276. The Balaban J connectivity index is 1.73. The number of aryl methyl sites for hydroxylation is 1. The van der Waals surface area contributed by atoms with E-state index in [0.29, 0.717) is 13.0 Å². The molecule has 0 aliphatic heterocycles. The topological polar surface area (TPSA) is 67.2 Å². The second-order valence-electron chi connectivity index (χ2n) is 6.88. The summed E-state index contributed by atoms with van der Waals surface area (Å²) in [6.07, 6.45) is 3.33. The van der Waals surface area contributed by atoms with Gasteiger partial charge < -0.3 is 10.4 Å². The maximum atomic E-state index is 13.2. The molecular formula is C22H24FN3O2. The minimum Gasteiger partial charge on any atom is -0.481 e. The number of nitrogens with zero attached hydrogens (tertiary/aromatic N) is 2. The first kappa shape index (κ1) is 19.8. The Bertz CT molecular complexity index is 907. The summed E-state index contributed by atoms with van der Waals surface area (Å²) >= 11 is 0. The van der Waals surface area contributed by atoms with Crippen LogP contribution in [-0.4, -0.2) is 26.9 Å². The van der Waals surface area contributed by atoms with E-state index in [1.807, 2.05) is 43.6 Å². The van der Waals surface area contributed by atoms with Gasteiger partial charge in [0.05, 0.1) is 5.69 Å². The zero-order valence-corrected chi connectivity index (χ0v) is 15.8. The van der Waals surface area contributed by atoms with E-state index in [4.69, 9.17) is 5.11 Å². The van der Waals surface area contributed by atoms with E-state index in [1.54, 1.807) is 16.8 Å². The summed E-state index contributed by atoms with van der Waals surface area (Å²) in [7, 11) is 1.85. The van der Waals surface area contributed by atoms with Crippen LogP contribution in [-0.2, 0) is 24.8 Å². The molecule has 28 heavy (non-hydrogen) atoms. The highest BCUT2D eigenvalue weighted by molar-refractivity contribution is 5.66. The molecule has 0 saturated carbocycles. The summed E-state index contributed by atoms with van der Waals surface area (Å²) in [5.74, 6) is -1.08. The van der Waals surface area contributed by atoms with Crippen LogP contribution in [0.25, 0.3) is 11.3 Å².